The predicted octanol–water partition coefficient (Wildman–Crippen LogP) is 3.52. The van der Waals surface area contributed by atoms with Crippen molar-refractivity contribution in [2.24, 2.45) is 0 Å². The zero-order valence-electron chi connectivity index (χ0n) is 21.4. The lowest BCUT2D eigenvalue weighted by Crippen LogP contribution is -2.45. The van der Waals surface area contributed by atoms with Crippen LogP contribution in [-0.2, 0) is 13.1 Å². The fourth-order valence-electron chi connectivity index (χ4n) is 5.58. The zero-order chi connectivity index (χ0) is 25.2. The minimum Gasteiger partial charge on any atom is -0.391 e. The average Bonchev–Trinajstić information content (AvgIpc) is 3.31. The number of piperidine rings is 1. The van der Waals surface area contributed by atoms with Gasteiger partial charge in [0.15, 0.2) is 5.43 Å². The maximum atomic E-state index is 13.8. The molecule has 2 atom stereocenters. The molecule has 2 N–H and O–H groups in total. The van der Waals surface area contributed by atoms with Crippen LogP contribution in [0.4, 0.5) is 5.69 Å². The van der Waals surface area contributed by atoms with Crippen molar-refractivity contribution in [3.8, 4) is 0 Å². The van der Waals surface area contributed by atoms with Gasteiger partial charge in [0.25, 0.3) is 0 Å². The summed E-state index contributed by atoms with van der Waals surface area (Å²) in [7, 11) is 0. The Morgan fingerprint density at radius 1 is 1.25 bits per heavy atom. The van der Waals surface area contributed by atoms with Crippen LogP contribution in [0, 0.1) is 6.92 Å². The molecule has 7 heteroatoms. The molecule has 0 unspecified atom stereocenters. The number of nitrogens with zero attached hydrogens (tertiary/aromatic N) is 4. The summed E-state index contributed by atoms with van der Waals surface area (Å²) in [5.41, 5.74) is 5.85. The van der Waals surface area contributed by atoms with Crippen LogP contribution in [0.2, 0.25) is 0 Å². The predicted molar refractivity (Wildman–Crippen MR) is 146 cm³/mol. The van der Waals surface area contributed by atoms with Crippen LogP contribution >= 0.6 is 0 Å². The Balaban J connectivity index is 1.52. The van der Waals surface area contributed by atoms with E-state index in [2.05, 4.69) is 49.4 Å². The molecule has 0 radical (unpaired) electrons. The highest BCUT2D eigenvalue weighted by atomic mass is 16.3. The second-order valence-electron chi connectivity index (χ2n) is 10.4. The highest BCUT2D eigenvalue weighted by Crippen LogP contribution is 2.26. The van der Waals surface area contributed by atoms with Gasteiger partial charge in [-0.05, 0) is 75.5 Å². The molecule has 2 saturated heterocycles. The van der Waals surface area contributed by atoms with Crippen LogP contribution < -0.4 is 15.6 Å². The van der Waals surface area contributed by atoms with Gasteiger partial charge in [0.1, 0.15) is 0 Å². The number of fused-ring (bicyclic) bond motifs is 1. The number of anilines is 1. The number of allylic oxidation sites excluding steroid dienone is 1. The van der Waals surface area contributed by atoms with Crippen molar-refractivity contribution in [3.63, 3.8) is 0 Å². The number of hydrogen-bond donors (Lipinski definition) is 2. The molecule has 0 aliphatic carbocycles. The molecule has 2 fully saturated rings. The van der Waals surface area contributed by atoms with E-state index in [0.29, 0.717) is 24.5 Å². The van der Waals surface area contributed by atoms with Crippen LogP contribution in [0.15, 0.2) is 54.1 Å². The molecular formula is C29H37N5O2. The standard InChI is InChI=1S/C29H37N5O2/c1-20(2)34-18-23(29(36)27-7-6-24(14-28(27)34)32-12-9-26(35)19-32)17-33(25-5-4-10-30-15-25)16-22-8-11-31-21(3)13-22/h6-8,11,13-14,18,25-26,30,35H,1,4-5,9-10,12,15-17,19H2,2-3H3/t25-,26+/m0/s1. The van der Waals surface area contributed by atoms with Crippen molar-refractivity contribution in [2.45, 2.75) is 58.3 Å². The quantitative estimate of drug-likeness (QED) is 0.531. The number of benzene rings is 1. The van der Waals surface area contributed by atoms with Crippen LogP contribution in [0.25, 0.3) is 16.6 Å². The van der Waals surface area contributed by atoms with E-state index in [1.165, 1.54) is 5.56 Å². The number of aryl methyl sites for hydroxylation is 1. The molecule has 2 aromatic heterocycles. The summed E-state index contributed by atoms with van der Waals surface area (Å²) in [5.74, 6) is 0. The van der Waals surface area contributed by atoms with Gasteiger partial charge in [-0.15, -0.1) is 0 Å². The third-order valence-electron chi connectivity index (χ3n) is 7.51. The van der Waals surface area contributed by atoms with Gasteiger partial charge >= 0.3 is 0 Å². The molecule has 2 aliphatic heterocycles. The van der Waals surface area contributed by atoms with E-state index in [-0.39, 0.29) is 11.5 Å². The Kier molecular flexibility index (Phi) is 7.23. The van der Waals surface area contributed by atoms with Crippen LogP contribution in [-0.4, -0.2) is 57.9 Å². The largest absolute Gasteiger partial charge is 0.391 e. The summed E-state index contributed by atoms with van der Waals surface area (Å²) in [6, 6.07) is 10.6. The summed E-state index contributed by atoms with van der Waals surface area (Å²) in [4.78, 5) is 22.7. The van der Waals surface area contributed by atoms with E-state index in [0.717, 1.165) is 73.6 Å². The van der Waals surface area contributed by atoms with Crippen molar-refractivity contribution in [1.29, 1.82) is 0 Å². The number of β-amino-alcohol motifs (C(OH)–C–C–N with tert-alkyl or cyclic N) is 1. The van der Waals surface area contributed by atoms with Gasteiger partial charge < -0.3 is 19.9 Å². The van der Waals surface area contributed by atoms with Gasteiger partial charge in [0.05, 0.1) is 11.6 Å². The zero-order valence-corrected chi connectivity index (χ0v) is 21.4. The van der Waals surface area contributed by atoms with E-state index in [9.17, 15) is 9.90 Å². The van der Waals surface area contributed by atoms with E-state index < -0.39 is 0 Å². The first-order valence-corrected chi connectivity index (χ1v) is 13.0. The van der Waals surface area contributed by atoms with Crippen LogP contribution in [0.5, 0.6) is 0 Å². The van der Waals surface area contributed by atoms with Crippen molar-refractivity contribution < 1.29 is 5.11 Å². The summed E-state index contributed by atoms with van der Waals surface area (Å²) in [6.45, 7) is 13.0. The normalized spacial score (nSPS) is 20.4. The fourth-order valence-corrected chi connectivity index (χ4v) is 5.58. The van der Waals surface area contributed by atoms with E-state index >= 15 is 0 Å². The Morgan fingerprint density at radius 2 is 2.11 bits per heavy atom. The molecular weight excluding hydrogens is 450 g/mol. The van der Waals surface area contributed by atoms with Crippen molar-refractivity contribution in [2.75, 3.05) is 31.1 Å². The minimum absolute atomic E-state index is 0.0789. The lowest BCUT2D eigenvalue weighted by Gasteiger charge is -2.35. The monoisotopic (exact) mass is 487 g/mol. The first-order chi connectivity index (χ1) is 17.4. The number of nitrogens with one attached hydrogen (secondary N) is 1. The van der Waals surface area contributed by atoms with Crippen molar-refractivity contribution in [3.05, 3.63) is 76.3 Å². The molecule has 36 heavy (non-hydrogen) atoms. The van der Waals surface area contributed by atoms with Gasteiger partial charge in [-0.3, -0.25) is 14.7 Å². The number of aromatic nitrogens is 2. The summed E-state index contributed by atoms with van der Waals surface area (Å²) in [6.07, 6.45) is 6.57. The molecule has 1 aromatic carbocycles. The van der Waals surface area contributed by atoms with Gasteiger partial charge in [0, 0.05) is 79.2 Å². The maximum absolute atomic E-state index is 13.8. The van der Waals surface area contributed by atoms with E-state index in [1.807, 2.05) is 38.4 Å². The molecule has 0 spiro atoms. The molecule has 190 valence electrons. The SMILES string of the molecule is C=C(C)n1cc(CN(Cc2ccnc(C)c2)[C@H]2CCCNC2)c(=O)c2ccc(N3CC[C@@H](O)C3)cc21. The number of aliphatic hydroxyl groups excluding tert-OH is 1. The van der Waals surface area contributed by atoms with Crippen molar-refractivity contribution in [1.82, 2.24) is 19.8 Å². The van der Waals surface area contributed by atoms with E-state index in [1.54, 1.807) is 0 Å². The van der Waals surface area contributed by atoms with Crippen LogP contribution in [0.3, 0.4) is 0 Å². The lowest BCUT2D eigenvalue weighted by atomic mass is 10.0. The highest BCUT2D eigenvalue weighted by Gasteiger charge is 2.24. The molecule has 5 rings (SSSR count). The molecule has 2 aliphatic rings. The molecule has 4 heterocycles. The number of aliphatic hydroxyl groups is 1. The molecule has 3 aromatic rings. The summed E-state index contributed by atoms with van der Waals surface area (Å²) in [5, 5.41) is 14.2. The molecule has 0 bridgehead atoms. The smallest absolute Gasteiger partial charge is 0.193 e. The fraction of sp³-hybridized carbons (Fsp3) is 0.448. The second-order valence-corrected chi connectivity index (χ2v) is 10.4. The lowest BCUT2D eigenvalue weighted by molar-refractivity contribution is 0.149. The number of hydrogen-bond acceptors (Lipinski definition) is 6. The Morgan fingerprint density at radius 3 is 2.81 bits per heavy atom. The number of rotatable bonds is 7. The van der Waals surface area contributed by atoms with Gasteiger partial charge in [-0.1, -0.05) is 6.58 Å². The average molecular weight is 488 g/mol. The molecule has 0 amide bonds. The Labute approximate surface area is 213 Å². The van der Waals surface area contributed by atoms with Crippen molar-refractivity contribution >= 4 is 22.3 Å². The molecule has 0 saturated carbocycles. The van der Waals surface area contributed by atoms with Gasteiger partial charge in [0.2, 0.25) is 0 Å². The Bertz CT molecular complexity index is 1310. The Hall–Kier alpha value is -3.00. The van der Waals surface area contributed by atoms with Gasteiger partial charge in [-0.2, -0.15) is 0 Å². The van der Waals surface area contributed by atoms with E-state index in [4.69, 9.17) is 0 Å². The van der Waals surface area contributed by atoms with Crippen LogP contribution in [0.1, 0.15) is 43.0 Å². The highest BCUT2D eigenvalue weighted by molar-refractivity contribution is 5.85. The third kappa shape index (κ3) is 5.24. The first-order valence-electron chi connectivity index (χ1n) is 13.0. The third-order valence-corrected chi connectivity index (χ3v) is 7.51. The second kappa shape index (κ2) is 10.5. The summed E-state index contributed by atoms with van der Waals surface area (Å²) < 4.78 is 2.05. The topological polar surface area (TPSA) is 73.6 Å². The first kappa shape index (κ1) is 24.7. The molecule has 7 nitrogen and oxygen atoms in total. The van der Waals surface area contributed by atoms with Gasteiger partial charge in [-0.25, -0.2) is 0 Å². The number of pyridine rings is 2. The minimum atomic E-state index is -0.296. The maximum Gasteiger partial charge on any atom is 0.193 e. The summed E-state index contributed by atoms with van der Waals surface area (Å²) >= 11 is 0.